The molecular formula is C19H17ClN4OS. The number of hydrogen-bond acceptors (Lipinski definition) is 3. The first-order valence-corrected chi connectivity index (χ1v) is 8.95. The van der Waals surface area contributed by atoms with Gasteiger partial charge < -0.3 is 19.9 Å². The van der Waals surface area contributed by atoms with Crippen molar-refractivity contribution in [2.24, 2.45) is 0 Å². The minimum Gasteiger partial charge on any atom is -0.495 e. The van der Waals surface area contributed by atoms with Crippen LogP contribution in [0.2, 0.25) is 5.02 Å². The molecule has 0 amide bonds. The van der Waals surface area contributed by atoms with Gasteiger partial charge in [0.15, 0.2) is 5.11 Å². The van der Waals surface area contributed by atoms with Gasteiger partial charge in [0.05, 0.1) is 23.9 Å². The molecule has 2 N–H and O–H groups in total. The van der Waals surface area contributed by atoms with E-state index in [1.54, 1.807) is 13.3 Å². The van der Waals surface area contributed by atoms with E-state index in [1.807, 2.05) is 54.7 Å². The maximum Gasteiger partial charge on any atom is 0.174 e. The van der Waals surface area contributed by atoms with Crippen LogP contribution in [0.4, 0.5) is 5.69 Å². The molecule has 0 radical (unpaired) electrons. The lowest BCUT2D eigenvalue weighted by atomic mass is 10.0. The first-order valence-electron chi connectivity index (χ1n) is 8.16. The molecule has 1 aliphatic rings. The van der Waals surface area contributed by atoms with Gasteiger partial charge >= 0.3 is 0 Å². The highest BCUT2D eigenvalue weighted by Gasteiger charge is 2.41. The Bertz CT molecular complexity index is 917. The van der Waals surface area contributed by atoms with Gasteiger partial charge in [0.1, 0.15) is 11.8 Å². The molecule has 1 aliphatic heterocycles. The number of ether oxygens (including phenoxy) is 1. The Kier molecular flexibility index (Phi) is 4.53. The van der Waals surface area contributed by atoms with Crippen LogP contribution in [-0.2, 0) is 0 Å². The standard InChI is InChI=1S/C19H17ClN4OS/c1-25-16-8-7-12(11-13(16)20)24-18(15-6-4-10-22-15)17(23-19(24)26)14-5-2-3-9-21-14/h2-11,17-18,22H,1H3,(H,23,26)/t17-,18+/m0/s1. The second kappa shape index (κ2) is 6.97. The summed E-state index contributed by atoms with van der Waals surface area (Å²) < 4.78 is 5.26. The topological polar surface area (TPSA) is 53.2 Å². The molecule has 3 heterocycles. The number of thiocarbonyl (C=S) groups is 1. The van der Waals surface area contributed by atoms with Gasteiger partial charge in [0, 0.05) is 23.8 Å². The molecule has 3 aromatic rings. The summed E-state index contributed by atoms with van der Waals surface area (Å²) in [7, 11) is 1.60. The van der Waals surface area contributed by atoms with Crippen molar-refractivity contribution in [3.63, 3.8) is 0 Å². The summed E-state index contributed by atoms with van der Waals surface area (Å²) in [5, 5.41) is 4.57. The summed E-state index contributed by atoms with van der Waals surface area (Å²) in [6, 6.07) is 15.4. The summed E-state index contributed by atoms with van der Waals surface area (Å²) in [6.45, 7) is 0. The molecule has 4 rings (SSSR count). The minimum absolute atomic E-state index is 0.0724. The van der Waals surface area contributed by atoms with E-state index in [0.29, 0.717) is 15.9 Å². The minimum atomic E-state index is -0.0803. The van der Waals surface area contributed by atoms with E-state index >= 15 is 0 Å². The molecule has 0 bridgehead atoms. The molecule has 5 nitrogen and oxygen atoms in total. The predicted octanol–water partition coefficient (Wildman–Crippen LogP) is 4.25. The first-order chi connectivity index (χ1) is 12.7. The van der Waals surface area contributed by atoms with Crippen molar-refractivity contribution in [1.82, 2.24) is 15.3 Å². The number of H-pyrrole nitrogens is 1. The lowest BCUT2D eigenvalue weighted by Crippen LogP contribution is -2.29. The van der Waals surface area contributed by atoms with E-state index in [2.05, 4.69) is 20.2 Å². The van der Waals surface area contributed by atoms with E-state index in [1.165, 1.54) is 0 Å². The number of pyridine rings is 1. The predicted molar refractivity (Wildman–Crippen MR) is 107 cm³/mol. The van der Waals surface area contributed by atoms with Crippen LogP contribution in [0, 0.1) is 0 Å². The van der Waals surface area contributed by atoms with Gasteiger partial charge in [-0.2, -0.15) is 0 Å². The van der Waals surface area contributed by atoms with E-state index in [0.717, 1.165) is 17.1 Å². The van der Waals surface area contributed by atoms with Gasteiger partial charge in [-0.25, -0.2) is 0 Å². The highest BCUT2D eigenvalue weighted by atomic mass is 35.5. The maximum absolute atomic E-state index is 6.35. The Balaban J connectivity index is 1.80. The number of nitrogens with one attached hydrogen (secondary N) is 2. The fraction of sp³-hybridized carbons (Fsp3) is 0.158. The fourth-order valence-electron chi connectivity index (χ4n) is 3.28. The molecule has 0 saturated carbocycles. The number of hydrogen-bond donors (Lipinski definition) is 2. The molecule has 2 atom stereocenters. The van der Waals surface area contributed by atoms with Gasteiger partial charge in [-0.05, 0) is 54.7 Å². The molecule has 0 unspecified atom stereocenters. The molecule has 1 saturated heterocycles. The quantitative estimate of drug-likeness (QED) is 0.658. The van der Waals surface area contributed by atoms with Crippen molar-refractivity contribution in [1.29, 1.82) is 0 Å². The molecule has 7 heteroatoms. The van der Waals surface area contributed by atoms with Crippen LogP contribution in [0.1, 0.15) is 23.5 Å². The van der Waals surface area contributed by atoms with Crippen LogP contribution in [0.3, 0.4) is 0 Å². The Labute approximate surface area is 162 Å². The Morgan fingerprint density at radius 1 is 1.19 bits per heavy atom. The lowest BCUT2D eigenvalue weighted by molar-refractivity contribution is 0.415. The summed E-state index contributed by atoms with van der Waals surface area (Å²) in [6.07, 6.45) is 3.70. The number of anilines is 1. The largest absolute Gasteiger partial charge is 0.495 e. The highest BCUT2D eigenvalue weighted by Crippen LogP contribution is 2.42. The average molecular weight is 385 g/mol. The van der Waals surface area contributed by atoms with Crippen LogP contribution in [0.5, 0.6) is 5.75 Å². The summed E-state index contributed by atoms with van der Waals surface area (Å²) in [5.41, 5.74) is 2.86. The molecular weight excluding hydrogens is 368 g/mol. The Morgan fingerprint density at radius 2 is 2.08 bits per heavy atom. The van der Waals surface area contributed by atoms with Crippen LogP contribution in [0.15, 0.2) is 60.9 Å². The van der Waals surface area contributed by atoms with Crippen molar-refractivity contribution in [2.45, 2.75) is 12.1 Å². The van der Waals surface area contributed by atoms with Crippen LogP contribution >= 0.6 is 23.8 Å². The van der Waals surface area contributed by atoms with Gasteiger partial charge in [-0.3, -0.25) is 4.98 Å². The monoisotopic (exact) mass is 384 g/mol. The van der Waals surface area contributed by atoms with Gasteiger partial charge in [-0.15, -0.1) is 0 Å². The van der Waals surface area contributed by atoms with Crippen molar-refractivity contribution in [2.75, 3.05) is 12.0 Å². The maximum atomic E-state index is 6.35. The number of rotatable bonds is 4. The second-order valence-corrected chi connectivity index (χ2v) is 6.73. The van der Waals surface area contributed by atoms with Crippen molar-refractivity contribution < 1.29 is 4.74 Å². The highest BCUT2D eigenvalue weighted by molar-refractivity contribution is 7.80. The molecule has 2 aromatic heterocycles. The third-order valence-electron chi connectivity index (χ3n) is 4.45. The van der Waals surface area contributed by atoms with E-state index in [-0.39, 0.29) is 12.1 Å². The lowest BCUT2D eigenvalue weighted by Gasteiger charge is -2.27. The van der Waals surface area contributed by atoms with E-state index < -0.39 is 0 Å². The number of benzene rings is 1. The zero-order chi connectivity index (χ0) is 18.1. The summed E-state index contributed by atoms with van der Waals surface area (Å²) in [4.78, 5) is 9.89. The van der Waals surface area contributed by atoms with E-state index in [4.69, 9.17) is 28.6 Å². The number of nitrogens with zero attached hydrogens (tertiary/aromatic N) is 2. The third-order valence-corrected chi connectivity index (χ3v) is 5.06. The van der Waals surface area contributed by atoms with Gasteiger partial charge in [-0.1, -0.05) is 17.7 Å². The fourth-order valence-corrected chi connectivity index (χ4v) is 3.88. The zero-order valence-corrected chi connectivity index (χ0v) is 15.6. The molecule has 0 aliphatic carbocycles. The normalized spacial score (nSPS) is 19.5. The molecule has 0 spiro atoms. The third kappa shape index (κ3) is 2.91. The summed E-state index contributed by atoms with van der Waals surface area (Å²) in [5.74, 6) is 0.631. The Hall–Kier alpha value is -2.57. The number of halogens is 1. The van der Waals surface area contributed by atoms with Crippen molar-refractivity contribution >= 4 is 34.6 Å². The molecule has 26 heavy (non-hydrogen) atoms. The number of methoxy groups -OCH3 is 1. The first kappa shape index (κ1) is 16.9. The van der Waals surface area contributed by atoms with Crippen molar-refractivity contribution in [3.8, 4) is 5.75 Å². The van der Waals surface area contributed by atoms with Gasteiger partial charge in [0.2, 0.25) is 0 Å². The molecule has 132 valence electrons. The summed E-state index contributed by atoms with van der Waals surface area (Å²) >= 11 is 12.0. The van der Waals surface area contributed by atoms with Crippen LogP contribution in [0.25, 0.3) is 0 Å². The number of aromatic amines is 1. The van der Waals surface area contributed by atoms with E-state index in [9.17, 15) is 0 Å². The van der Waals surface area contributed by atoms with Crippen LogP contribution < -0.4 is 15.0 Å². The number of aromatic nitrogens is 2. The molecule has 1 aromatic carbocycles. The SMILES string of the molecule is COc1ccc(N2C(=S)N[C@@H](c3ccccn3)[C@H]2c2ccc[nH]2)cc1Cl. The molecule has 1 fully saturated rings. The smallest absolute Gasteiger partial charge is 0.174 e. The van der Waals surface area contributed by atoms with Gasteiger partial charge in [0.25, 0.3) is 0 Å². The Morgan fingerprint density at radius 3 is 2.73 bits per heavy atom. The zero-order valence-electron chi connectivity index (χ0n) is 14.0. The van der Waals surface area contributed by atoms with Crippen molar-refractivity contribution in [3.05, 3.63) is 77.3 Å². The average Bonchev–Trinajstić information content (AvgIpc) is 3.30. The second-order valence-electron chi connectivity index (χ2n) is 5.94. The van der Waals surface area contributed by atoms with Crippen LogP contribution in [-0.4, -0.2) is 22.2 Å².